The average molecular weight is 784 g/mol. The summed E-state index contributed by atoms with van der Waals surface area (Å²) in [7, 11) is 0. The van der Waals surface area contributed by atoms with Gasteiger partial charge in [0.1, 0.15) is 0 Å². The van der Waals surface area contributed by atoms with Crippen molar-refractivity contribution in [3.63, 3.8) is 0 Å². The van der Waals surface area contributed by atoms with Gasteiger partial charge in [0.25, 0.3) is 0 Å². The van der Waals surface area contributed by atoms with Gasteiger partial charge in [-0.05, 0) is 122 Å². The highest BCUT2D eigenvalue weighted by atomic mass is 15.2. The molecule has 3 heteroatoms. The molecule has 0 atom stereocenters. The number of nitrogens with zero attached hydrogens (tertiary/aromatic N) is 3. The highest BCUT2D eigenvalue weighted by Gasteiger charge is 2.30. The van der Waals surface area contributed by atoms with E-state index in [0.29, 0.717) is 0 Å². The number of benzene rings is 9. The fraction of sp³-hybridized carbons (Fsp3) is 0.138. The number of rotatable bonds is 3. The molecule has 0 spiro atoms. The van der Waals surface area contributed by atoms with E-state index in [2.05, 4.69) is 219 Å². The lowest BCUT2D eigenvalue weighted by molar-refractivity contribution is 0.591. The van der Waals surface area contributed by atoms with Gasteiger partial charge >= 0.3 is 0 Å². The molecule has 0 N–H and O–H groups in total. The van der Waals surface area contributed by atoms with Crippen LogP contribution in [-0.4, -0.2) is 8.80 Å². The molecular formula is C58H45N3. The molecule has 0 saturated carbocycles. The van der Waals surface area contributed by atoms with Crippen molar-refractivity contribution >= 4 is 115 Å². The lowest BCUT2D eigenvalue weighted by atomic mass is 9.84. The third-order valence-electron chi connectivity index (χ3n) is 13.7. The Morgan fingerprint density at radius 2 is 0.803 bits per heavy atom. The van der Waals surface area contributed by atoms with Crippen LogP contribution in [0.4, 0.5) is 17.1 Å². The van der Waals surface area contributed by atoms with E-state index in [1.54, 1.807) is 0 Å². The van der Waals surface area contributed by atoms with E-state index in [1.165, 1.54) is 115 Å². The first-order valence-corrected chi connectivity index (χ1v) is 21.7. The third kappa shape index (κ3) is 4.69. The first-order valence-electron chi connectivity index (χ1n) is 21.7. The Morgan fingerprint density at radius 1 is 0.344 bits per heavy atom. The summed E-state index contributed by atoms with van der Waals surface area (Å²) in [4.78, 5) is 2.48. The zero-order valence-corrected chi connectivity index (χ0v) is 35.4. The van der Waals surface area contributed by atoms with Crippen LogP contribution in [-0.2, 0) is 10.8 Å². The molecule has 292 valence electrons. The highest BCUT2D eigenvalue weighted by Crippen LogP contribution is 2.51. The normalized spacial score (nSPS) is 13.1. The number of aromatic nitrogens is 2. The number of anilines is 3. The SMILES string of the molecule is CC(C)(C)c1cc(N(c2ccccc2)c2ccccc2)c2c(c1)c1cc(C(C)(C)C)cc3c4cc5c(cc4n2c31)c1cc2ccccc2c2c3cc4ccccc4cc3n5c12. The van der Waals surface area contributed by atoms with Crippen LogP contribution in [0.3, 0.4) is 0 Å². The molecule has 4 heterocycles. The molecule has 13 aromatic rings. The van der Waals surface area contributed by atoms with Gasteiger partial charge in [0.15, 0.2) is 0 Å². The van der Waals surface area contributed by atoms with Gasteiger partial charge in [0, 0.05) is 54.5 Å². The smallest absolute Gasteiger partial charge is 0.0783 e. The maximum absolute atomic E-state index is 2.63. The Morgan fingerprint density at radius 3 is 1.43 bits per heavy atom. The molecule has 0 aliphatic heterocycles. The molecule has 0 saturated heterocycles. The zero-order valence-electron chi connectivity index (χ0n) is 35.4. The van der Waals surface area contributed by atoms with Gasteiger partial charge in [0.05, 0.1) is 38.8 Å². The van der Waals surface area contributed by atoms with Gasteiger partial charge in [-0.2, -0.15) is 0 Å². The first-order chi connectivity index (χ1) is 29.5. The third-order valence-corrected chi connectivity index (χ3v) is 13.7. The molecule has 9 aromatic carbocycles. The van der Waals surface area contributed by atoms with Gasteiger partial charge < -0.3 is 13.7 Å². The minimum atomic E-state index is -0.0766. The largest absolute Gasteiger partial charge is 0.308 e. The Bertz CT molecular complexity index is 3890. The van der Waals surface area contributed by atoms with E-state index in [0.717, 1.165) is 11.4 Å². The van der Waals surface area contributed by atoms with Crippen molar-refractivity contribution in [1.82, 2.24) is 8.80 Å². The van der Waals surface area contributed by atoms with Crippen LogP contribution in [0.25, 0.3) is 97.7 Å². The summed E-state index contributed by atoms with van der Waals surface area (Å²) in [5.41, 5.74) is 13.6. The Kier molecular flexibility index (Phi) is 6.72. The Hall–Kier alpha value is -7.10. The lowest BCUT2D eigenvalue weighted by Gasteiger charge is -2.29. The van der Waals surface area contributed by atoms with Crippen molar-refractivity contribution in [1.29, 1.82) is 0 Å². The van der Waals surface area contributed by atoms with Crippen molar-refractivity contribution in [3.05, 3.63) is 175 Å². The van der Waals surface area contributed by atoms with Crippen LogP contribution in [0.1, 0.15) is 52.7 Å². The molecule has 4 aromatic heterocycles. The van der Waals surface area contributed by atoms with E-state index < -0.39 is 0 Å². The summed E-state index contributed by atoms with van der Waals surface area (Å²) in [5, 5.41) is 15.6. The molecule has 0 amide bonds. The van der Waals surface area contributed by atoms with E-state index in [9.17, 15) is 0 Å². The van der Waals surface area contributed by atoms with Crippen molar-refractivity contribution in [2.45, 2.75) is 52.4 Å². The van der Waals surface area contributed by atoms with E-state index in [-0.39, 0.29) is 10.8 Å². The molecule has 0 fully saturated rings. The molecule has 0 aliphatic carbocycles. The molecule has 13 rings (SSSR count). The monoisotopic (exact) mass is 783 g/mol. The second-order valence-electron chi connectivity index (χ2n) is 19.5. The average Bonchev–Trinajstić information content (AvgIpc) is 3.97. The van der Waals surface area contributed by atoms with E-state index >= 15 is 0 Å². The van der Waals surface area contributed by atoms with E-state index in [1.807, 2.05) is 0 Å². The number of para-hydroxylation sites is 2. The molecule has 0 bridgehead atoms. The summed E-state index contributed by atoms with van der Waals surface area (Å²) in [6.45, 7) is 14.1. The van der Waals surface area contributed by atoms with Crippen LogP contribution in [0.2, 0.25) is 0 Å². The Balaban J connectivity index is 1.27. The predicted molar refractivity (Wildman–Crippen MR) is 263 cm³/mol. The van der Waals surface area contributed by atoms with Gasteiger partial charge in [-0.25, -0.2) is 0 Å². The van der Waals surface area contributed by atoms with Crippen LogP contribution in [0.15, 0.2) is 164 Å². The fourth-order valence-corrected chi connectivity index (χ4v) is 10.7. The van der Waals surface area contributed by atoms with Crippen LogP contribution in [0, 0.1) is 0 Å². The molecule has 0 aliphatic rings. The summed E-state index contributed by atoms with van der Waals surface area (Å²) in [5.74, 6) is 0. The fourth-order valence-electron chi connectivity index (χ4n) is 10.7. The number of hydrogen-bond donors (Lipinski definition) is 0. The van der Waals surface area contributed by atoms with E-state index in [4.69, 9.17) is 0 Å². The van der Waals surface area contributed by atoms with Gasteiger partial charge in [0.2, 0.25) is 0 Å². The summed E-state index contributed by atoms with van der Waals surface area (Å²) < 4.78 is 5.21. The zero-order chi connectivity index (χ0) is 41.1. The van der Waals surface area contributed by atoms with Crippen LogP contribution < -0.4 is 4.90 Å². The predicted octanol–water partition coefficient (Wildman–Crippen LogP) is 16.4. The molecule has 0 radical (unpaired) electrons. The quantitative estimate of drug-likeness (QED) is 0.174. The first kappa shape index (κ1) is 34.7. The maximum Gasteiger partial charge on any atom is 0.0783 e. The molecule has 0 unspecified atom stereocenters. The molecule has 61 heavy (non-hydrogen) atoms. The summed E-state index contributed by atoms with van der Waals surface area (Å²) in [6.07, 6.45) is 0. The maximum atomic E-state index is 2.63. The van der Waals surface area contributed by atoms with Crippen molar-refractivity contribution < 1.29 is 0 Å². The topological polar surface area (TPSA) is 12.1 Å². The minimum absolute atomic E-state index is 0.0522. The van der Waals surface area contributed by atoms with Crippen molar-refractivity contribution in [2.75, 3.05) is 4.90 Å². The summed E-state index contributed by atoms with van der Waals surface area (Å²) in [6, 6.07) is 61.9. The van der Waals surface area contributed by atoms with Crippen LogP contribution >= 0.6 is 0 Å². The Labute approximate surface area is 354 Å². The second-order valence-corrected chi connectivity index (χ2v) is 19.5. The van der Waals surface area contributed by atoms with Crippen molar-refractivity contribution in [3.8, 4) is 0 Å². The molecule has 3 nitrogen and oxygen atoms in total. The molecular weight excluding hydrogens is 739 g/mol. The lowest BCUT2D eigenvalue weighted by Crippen LogP contribution is -2.15. The minimum Gasteiger partial charge on any atom is -0.308 e. The second kappa shape index (κ2) is 11.8. The number of fused-ring (bicyclic) bond motifs is 15. The van der Waals surface area contributed by atoms with Gasteiger partial charge in [-0.1, -0.05) is 126 Å². The van der Waals surface area contributed by atoms with Gasteiger partial charge in [-0.3, -0.25) is 0 Å². The van der Waals surface area contributed by atoms with Crippen molar-refractivity contribution in [2.24, 2.45) is 0 Å². The standard InChI is InChI=1S/C58H45N3/c1-57(2,3)37-28-45-43-32-50-42(44-26-36-19-15-16-24-41(36)53-48-25-34-17-13-14-18-35(34)27-49(48)60(50)56(44)53)33-51(43)61-54(45)46(29-37)47-30-38(58(4,5)6)31-52(55(47)61)59(39-20-9-7-10-21-39)40-22-11-8-12-23-40/h7-33H,1-6H3. The summed E-state index contributed by atoms with van der Waals surface area (Å²) >= 11 is 0. The van der Waals surface area contributed by atoms with Gasteiger partial charge in [-0.15, -0.1) is 0 Å². The number of hydrogen-bond acceptors (Lipinski definition) is 1. The highest BCUT2D eigenvalue weighted by molar-refractivity contribution is 6.34. The van der Waals surface area contributed by atoms with Crippen LogP contribution in [0.5, 0.6) is 0 Å².